The maximum atomic E-state index is 6.00. The maximum Gasteiger partial charge on any atom is 0.0980 e. The zero-order chi connectivity index (χ0) is 12.3. The molecule has 2 heteroatoms. The molecule has 0 aliphatic rings. The van der Waals surface area contributed by atoms with Gasteiger partial charge in [0, 0.05) is 6.04 Å². The van der Waals surface area contributed by atoms with Crippen LogP contribution >= 0.6 is 0 Å². The highest BCUT2D eigenvalue weighted by Crippen LogP contribution is 2.26. The van der Waals surface area contributed by atoms with E-state index in [4.69, 9.17) is 10.5 Å². The Kier molecular flexibility index (Phi) is 4.11. The number of ether oxygens (including phenoxy) is 1. The van der Waals surface area contributed by atoms with Crippen LogP contribution in [-0.4, -0.2) is 11.6 Å². The summed E-state index contributed by atoms with van der Waals surface area (Å²) in [4.78, 5) is 0. The minimum absolute atomic E-state index is 0.0121. The van der Waals surface area contributed by atoms with Crippen molar-refractivity contribution in [3.8, 4) is 0 Å². The number of aryl methyl sites for hydroxylation is 1. The highest BCUT2D eigenvalue weighted by molar-refractivity contribution is 5.24. The number of hydrogen-bond donors (Lipinski definition) is 1. The molecule has 0 aliphatic carbocycles. The number of hydrogen-bond acceptors (Lipinski definition) is 2. The third-order valence-electron chi connectivity index (χ3n) is 2.36. The van der Waals surface area contributed by atoms with Crippen molar-refractivity contribution in [3.63, 3.8) is 0 Å². The fraction of sp³-hybridized carbons (Fsp3) is 0.571. The van der Waals surface area contributed by atoms with Gasteiger partial charge in [0.2, 0.25) is 0 Å². The highest BCUT2D eigenvalue weighted by Gasteiger charge is 2.23. The van der Waals surface area contributed by atoms with E-state index in [1.807, 2.05) is 6.92 Å². The highest BCUT2D eigenvalue weighted by atomic mass is 16.5. The van der Waals surface area contributed by atoms with Crippen molar-refractivity contribution in [1.29, 1.82) is 0 Å². The molecule has 0 bridgehead atoms. The summed E-state index contributed by atoms with van der Waals surface area (Å²) in [6.07, 6.45) is -0.0411. The Morgan fingerprint density at radius 2 is 1.62 bits per heavy atom. The summed E-state index contributed by atoms with van der Waals surface area (Å²) in [7, 11) is 0. The first-order valence-electron chi connectivity index (χ1n) is 5.79. The second-order valence-corrected chi connectivity index (χ2v) is 5.42. The van der Waals surface area contributed by atoms with Crippen LogP contribution in [0.15, 0.2) is 24.3 Å². The van der Waals surface area contributed by atoms with Crippen LogP contribution in [0.3, 0.4) is 0 Å². The molecule has 0 aromatic heterocycles. The van der Waals surface area contributed by atoms with Gasteiger partial charge in [0.05, 0.1) is 11.7 Å². The Hall–Kier alpha value is -0.860. The lowest BCUT2D eigenvalue weighted by Gasteiger charge is -2.30. The van der Waals surface area contributed by atoms with Gasteiger partial charge >= 0.3 is 0 Å². The van der Waals surface area contributed by atoms with Gasteiger partial charge in [-0.3, -0.25) is 0 Å². The standard InChI is InChI=1S/C14H23NO/c1-10-6-8-12(9-7-10)13(11(2)15)16-14(3,4)5/h6-9,11,13H,15H2,1-5H3. The largest absolute Gasteiger partial charge is 0.366 e. The van der Waals surface area contributed by atoms with E-state index in [-0.39, 0.29) is 17.7 Å². The lowest BCUT2D eigenvalue weighted by Crippen LogP contribution is -2.33. The van der Waals surface area contributed by atoms with Crippen LogP contribution in [0, 0.1) is 6.92 Å². The van der Waals surface area contributed by atoms with Crippen LogP contribution in [0.2, 0.25) is 0 Å². The molecule has 90 valence electrons. The van der Waals surface area contributed by atoms with Crippen molar-refractivity contribution in [2.75, 3.05) is 0 Å². The Morgan fingerprint density at radius 3 is 2.00 bits per heavy atom. The van der Waals surface area contributed by atoms with Gasteiger partial charge < -0.3 is 10.5 Å². The fourth-order valence-electron chi connectivity index (χ4n) is 1.62. The second kappa shape index (κ2) is 4.98. The van der Waals surface area contributed by atoms with E-state index in [0.29, 0.717) is 0 Å². The van der Waals surface area contributed by atoms with E-state index in [1.54, 1.807) is 0 Å². The summed E-state index contributed by atoms with van der Waals surface area (Å²) in [5, 5.41) is 0. The average molecular weight is 221 g/mol. The predicted molar refractivity (Wildman–Crippen MR) is 68.4 cm³/mol. The molecule has 2 nitrogen and oxygen atoms in total. The first-order chi connectivity index (χ1) is 7.29. The molecule has 0 amide bonds. The molecule has 0 fully saturated rings. The minimum Gasteiger partial charge on any atom is -0.366 e. The molecule has 0 saturated carbocycles. The van der Waals surface area contributed by atoms with Crippen LogP contribution in [0.1, 0.15) is 44.9 Å². The minimum atomic E-state index is -0.177. The van der Waals surface area contributed by atoms with E-state index >= 15 is 0 Å². The number of benzene rings is 1. The third-order valence-corrected chi connectivity index (χ3v) is 2.36. The molecule has 0 radical (unpaired) electrons. The van der Waals surface area contributed by atoms with Gasteiger partial charge in [-0.15, -0.1) is 0 Å². The first-order valence-corrected chi connectivity index (χ1v) is 5.79. The lowest BCUT2D eigenvalue weighted by atomic mass is 10.0. The average Bonchev–Trinajstić information content (AvgIpc) is 2.14. The van der Waals surface area contributed by atoms with Crippen molar-refractivity contribution in [2.24, 2.45) is 5.73 Å². The van der Waals surface area contributed by atoms with E-state index in [2.05, 4.69) is 52.0 Å². The van der Waals surface area contributed by atoms with Crippen molar-refractivity contribution in [1.82, 2.24) is 0 Å². The fourth-order valence-corrected chi connectivity index (χ4v) is 1.62. The van der Waals surface area contributed by atoms with Gasteiger partial charge in [-0.2, -0.15) is 0 Å². The van der Waals surface area contributed by atoms with E-state index in [1.165, 1.54) is 5.56 Å². The summed E-state index contributed by atoms with van der Waals surface area (Å²) >= 11 is 0. The van der Waals surface area contributed by atoms with Gasteiger partial charge in [0.25, 0.3) is 0 Å². The van der Waals surface area contributed by atoms with E-state index in [0.717, 1.165) is 5.56 Å². The SMILES string of the molecule is Cc1ccc(C(OC(C)(C)C)C(C)N)cc1. The molecule has 0 aliphatic heterocycles. The topological polar surface area (TPSA) is 35.2 Å². The molecule has 16 heavy (non-hydrogen) atoms. The zero-order valence-corrected chi connectivity index (χ0v) is 10.9. The molecule has 1 aromatic rings. The third kappa shape index (κ3) is 3.95. The van der Waals surface area contributed by atoms with Crippen LogP contribution in [0.4, 0.5) is 0 Å². The molecule has 0 heterocycles. The monoisotopic (exact) mass is 221 g/mol. The smallest absolute Gasteiger partial charge is 0.0980 e. The van der Waals surface area contributed by atoms with Crippen LogP contribution < -0.4 is 5.73 Å². The predicted octanol–water partition coefficient (Wildman–Crippen LogP) is 3.20. The quantitative estimate of drug-likeness (QED) is 0.850. The Morgan fingerprint density at radius 1 is 1.12 bits per heavy atom. The second-order valence-electron chi connectivity index (χ2n) is 5.42. The summed E-state index contributed by atoms with van der Waals surface area (Å²) in [6.45, 7) is 10.2. The number of rotatable bonds is 3. The van der Waals surface area contributed by atoms with Gasteiger partial charge in [0.1, 0.15) is 0 Å². The van der Waals surface area contributed by atoms with Gasteiger partial charge in [-0.05, 0) is 40.2 Å². The molecular formula is C14H23NO. The summed E-state index contributed by atoms with van der Waals surface area (Å²) in [6, 6.07) is 8.36. The van der Waals surface area contributed by atoms with E-state index in [9.17, 15) is 0 Å². The normalized spacial score (nSPS) is 15.9. The zero-order valence-electron chi connectivity index (χ0n) is 10.9. The van der Waals surface area contributed by atoms with Gasteiger partial charge in [-0.1, -0.05) is 29.8 Å². The van der Waals surface area contributed by atoms with E-state index < -0.39 is 0 Å². The van der Waals surface area contributed by atoms with Crippen LogP contribution in [0.5, 0.6) is 0 Å². The van der Waals surface area contributed by atoms with Crippen molar-refractivity contribution < 1.29 is 4.74 Å². The lowest BCUT2D eigenvalue weighted by molar-refractivity contribution is -0.0701. The molecule has 0 saturated heterocycles. The summed E-state index contributed by atoms with van der Waals surface area (Å²) in [5.74, 6) is 0. The van der Waals surface area contributed by atoms with Crippen molar-refractivity contribution in [3.05, 3.63) is 35.4 Å². The van der Waals surface area contributed by atoms with Crippen LogP contribution in [0.25, 0.3) is 0 Å². The summed E-state index contributed by atoms with van der Waals surface area (Å²) in [5.41, 5.74) is 8.21. The molecule has 1 rings (SSSR count). The Bertz CT molecular complexity index is 322. The molecule has 0 spiro atoms. The first kappa shape index (κ1) is 13.2. The molecule has 2 unspecified atom stereocenters. The van der Waals surface area contributed by atoms with Crippen molar-refractivity contribution >= 4 is 0 Å². The van der Waals surface area contributed by atoms with Gasteiger partial charge in [-0.25, -0.2) is 0 Å². The Labute approximate surface area is 98.8 Å². The summed E-state index contributed by atoms with van der Waals surface area (Å²) < 4.78 is 6.00. The molecule has 1 aromatic carbocycles. The molecule has 2 atom stereocenters. The number of nitrogens with two attached hydrogens (primary N) is 1. The Balaban J connectivity index is 2.90. The van der Waals surface area contributed by atoms with Crippen LogP contribution in [-0.2, 0) is 4.74 Å². The molecular weight excluding hydrogens is 198 g/mol. The molecule has 2 N–H and O–H groups in total. The van der Waals surface area contributed by atoms with Crippen molar-refractivity contribution in [2.45, 2.75) is 52.4 Å². The van der Waals surface area contributed by atoms with Gasteiger partial charge in [0.15, 0.2) is 0 Å². The maximum absolute atomic E-state index is 6.00.